The van der Waals surface area contributed by atoms with Crippen LogP contribution in [-0.2, 0) is 0 Å². The summed E-state index contributed by atoms with van der Waals surface area (Å²) in [6, 6.07) is 13.0. The molecule has 3 aromatic rings. The lowest BCUT2D eigenvalue weighted by atomic mass is 10.2. The van der Waals surface area contributed by atoms with Crippen molar-refractivity contribution in [3.05, 3.63) is 42.5 Å². The Morgan fingerprint density at radius 2 is 1.50 bits per heavy atom. The van der Waals surface area contributed by atoms with Gasteiger partial charge in [-0.25, -0.2) is 0 Å². The second-order valence-electron chi connectivity index (χ2n) is 5.58. The molecule has 1 heterocycles. The van der Waals surface area contributed by atoms with Gasteiger partial charge in [0.2, 0.25) is 5.89 Å². The van der Waals surface area contributed by atoms with Crippen LogP contribution in [-0.4, -0.2) is 43.4 Å². The molecule has 0 aliphatic heterocycles. The van der Waals surface area contributed by atoms with Crippen LogP contribution in [0.25, 0.3) is 11.5 Å². The van der Waals surface area contributed by atoms with Gasteiger partial charge in [-0.1, -0.05) is 11.8 Å². The third kappa shape index (κ3) is 5.32. The van der Waals surface area contributed by atoms with E-state index in [2.05, 4.69) is 10.2 Å². The van der Waals surface area contributed by atoms with Gasteiger partial charge in [0, 0.05) is 17.4 Å². The van der Waals surface area contributed by atoms with Crippen LogP contribution < -0.4 is 18.9 Å². The highest BCUT2D eigenvalue weighted by Crippen LogP contribution is 2.30. The van der Waals surface area contributed by atoms with Gasteiger partial charge in [-0.05, 0) is 43.3 Å². The van der Waals surface area contributed by atoms with Gasteiger partial charge < -0.3 is 23.4 Å². The highest BCUT2D eigenvalue weighted by molar-refractivity contribution is 7.99. The van der Waals surface area contributed by atoms with Crippen molar-refractivity contribution in [1.82, 2.24) is 10.2 Å². The van der Waals surface area contributed by atoms with Gasteiger partial charge in [-0.2, -0.15) is 0 Å². The first-order chi connectivity index (χ1) is 13.7. The van der Waals surface area contributed by atoms with E-state index >= 15 is 0 Å². The van der Waals surface area contributed by atoms with E-state index in [1.165, 1.54) is 11.8 Å². The second-order valence-corrected chi connectivity index (χ2v) is 6.62. The summed E-state index contributed by atoms with van der Waals surface area (Å²) in [6.07, 6.45) is 0. The Morgan fingerprint density at radius 3 is 2.11 bits per heavy atom. The molecule has 2 aromatic carbocycles. The Morgan fingerprint density at radius 1 is 0.857 bits per heavy atom. The summed E-state index contributed by atoms with van der Waals surface area (Å²) in [4.78, 5) is 0. The monoisotopic (exact) mass is 402 g/mol. The van der Waals surface area contributed by atoms with Gasteiger partial charge in [-0.3, -0.25) is 0 Å². The van der Waals surface area contributed by atoms with E-state index in [9.17, 15) is 0 Å². The third-order valence-electron chi connectivity index (χ3n) is 3.72. The number of hydrogen-bond donors (Lipinski definition) is 0. The normalized spacial score (nSPS) is 10.5. The molecule has 0 radical (unpaired) electrons. The molecule has 0 aliphatic rings. The first-order valence-corrected chi connectivity index (χ1v) is 9.75. The van der Waals surface area contributed by atoms with Gasteiger partial charge in [0.15, 0.2) is 0 Å². The summed E-state index contributed by atoms with van der Waals surface area (Å²) in [6.45, 7) is 3.12. The Balaban J connectivity index is 1.52. The van der Waals surface area contributed by atoms with Gasteiger partial charge in [0.05, 0.1) is 27.4 Å². The van der Waals surface area contributed by atoms with Gasteiger partial charge >= 0.3 is 0 Å². The highest BCUT2D eigenvalue weighted by atomic mass is 32.2. The number of methoxy groups -OCH3 is 2. The van der Waals surface area contributed by atoms with E-state index in [4.69, 9.17) is 23.4 Å². The van der Waals surface area contributed by atoms with Gasteiger partial charge in [0.1, 0.15) is 23.0 Å². The summed E-state index contributed by atoms with van der Waals surface area (Å²) in [5.74, 6) is 4.02. The van der Waals surface area contributed by atoms with Crippen molar-refractivity contribution in [3.63, 3.8) is 0 Å². The Labute approximate surface area is 168 Å². The summed E-state index contributed by atoms with van der Waals surface area (Å²) in [5.41, 5.74) is 0.737. The molecule has 7 nitrogen and oxygen atoms in total. The lowest BCUT2D eigenvalue weighted by molar-refractivity contribution is 0.332. The summed E-state index contributed by atoms with van der Waals surface area (Å²) < 4.78 is 27.4. The minimum atomic E-state index is 0.409. The van der Waals surface area contributed by atoms with Crippen LogP contribution in [0.3, 0.4) is 0 Å². The largest absolute Gasteiger partial charge is 0.497 e. The van der Waals surface area contributed by atoms with Crippen LogP contribution in [0.15, 0.2) is 52.1 Å². The molecule has 0 saturated heterocycles. The van der Waals surface area contributed by atoms with Crippen molar-refractivity contribution < 1.29 is 23.4 Å². The molecule has 0 unspecified atom stereocenters. The van der Waals surface area contributed by atoms with E-state index in [0.717, 1.165) is 17.1 Å². The molecular weight excluding hydrogens is 380 g/mol. The van der Waals surface area contributed by atoms with Crippen LogP contribution in [0.1, 0.15) is 6.92 Å². The van der Waals surface area contributed by atoms with Crippen molar-refractivity contribution in [3.8, 4) is 34.5 Å². The van der Waals surface area contributed by atoms with Crippen molar-refractivity contribution in [1.29, 1.82) is 0 Å². The number of thioether (sulfide) groups is 1. The molecule has 8 heteroatoms. The fourth-order valence-electron chi connectivity index (χ4n) is 2.40. The maximum Gasteiger partial charge on any atom is 0.276 e. The molecule has 0 spiro atoms. The molecule has 0 amide bonds. The standard InChI is InChI=1S/C20H22N2O5S/c1-4-25-15-5-7-16(8-6-15)26-9-10-28-20-22-21-19(27-20)14-11-17(23-2)13-18(12-14)24-3/h5-8,11-13H,4,9-10H2,1-3H3. The Bertz CT molecular complexity index is 860. The van der Waals surface area contributed by atoms with Gasteiger partial charge in [0.25, 0.3) is 5.22 Å². The molecule has 0 saturated carbocycles. The first-order valence-electron chi connectivity index (χ1n) is 8.77. The predicted octanol–water partition coefficient (Wildman–Crippen LogP) is 4.32. The molecule has 0 aliphatic carbocycles. The van der Waals surface area contributed by atoms with Crippen molar-refractivity contribution in [2.45, 2.75) is 12.1 Å². The zero-order valence-corrected chi connectivity index (χ0v) is 16.8. The van der Waals surface area contributed by atoms with Crippen LogP contribution >= 0.6 is 11.8 Å². The maximum absolute atomic E-state index is 5.72. The third-order valence-corrected chi connectivity index (χ3v) is 4.50. The van der Waals surface area contributed by atoms with Crippen LogP contribution in [0.5, 0.6) is 23.0 Å². The maximum atomic E-state index is 5.72. The minimum Gasteiger partial charge on any atom is -0.497 e. The molecule has 0 atom stereocenters. The number of rotatable bonds is 10. The van der Waals surface area contributed by atoms with E-state index in [1.807, 2.05) is 43.3 Å². The number of ether oxygens (including phenoxy) is 4. The zero-order chi connectivity index (χ0) is 19.8. The molecule has 148 valence electrons. The van der Waals surface area contributed by atoms with Gasteiger partial charge in [-0.15, -0.1) is 10.2 Å². The van der Waals surface area contributed by atoms with E-state index < -0.39 is 0 Å². The summed E-state index contributed by atoms with van der Waals surface area (Å²) in [7, 11) is 3.19. The smallest absolute Gasteiger partial charge is 0.276 e. The van der Waals surface area contributed by atoms with Crippen LogP contribution in [0.2, 0.25) is 0 Å². The van der Waals surface area contributed by atoms with E-state index in [0.29, 0.717) is 41.6 Å². The lowest BCUT2D eigenvalue weighted by Crippen LogP contribution is -2.00. The molecule has 0 fully saturated rings. The molecular formula is C20H22N2O5S. The molecule has 28 heavy (non-hydrogen) atoms. The second kappa shape index (κ2) is 9.89. The number of hydrogen-bond acceptors (Lipinski definition) is 8. The molecule has 1 aromatic heterocycles. The van der Waals surface area contributed by atoms with Crippen LogP contribution in [0, 0.1) is 0 Å². The Kier molecular flexibility index (Phi) is 7.02. The van der Waals surface area contributed by atoms with E-state index in [-0.39, 0.29) is 0 Å². The zero-order valence-electron chi connectivity index (χ0n) is 16.0. The average Bonchev–Trinajstić information content (AvgIpc) is 3.21. The number of benzene rings is 2. The highest BCUT2D eigenvalue weighted by Gasteiger charge is 2.12. The molecule has 0 N–H and O–H groups in total. The first kappa shape index (κ1) is 19.9. The fourth-order valence-corrected chi connectivity index (χ4v) is 2.98. The molecule has 0 bridgehead atoms. The van der Waals surface area contributed by atoms with Crippen molar-refractivity contribution in [2.24, 2.45) is 0 Å². The predicted molar refractivity (Wildman–Crippen MR) is 107 cm³/mol. The summed E-state index contributed by atoms with van der Waals surface area (Å²) in [5, 5.41) is 8.65. The number of nitrogens with zero attached hydrogens (tertiary/aromatic N) is 2. The fraction of sp³-hybridized carbons (Fsp3) is 0.300. The summed E-state index contributed by atoms with van der Waals surface area (Å²) >= 11 is 1.43. The van der Waals surface area contributed by atoms with Crippen LogP contribution in [0.4, 0.5) is 0 Å². The van der Waals surface area contributed by atoms with Crippen molar-refractivity contribution >= 4 is 11.8 Å². The van der Waals surface area contributed by atoms with Crippen molar-refractivity contribution in [2.75, 3.05) is 33.2 Å². The topological polar surface area (TPSA) is 75.8 Å². The lowest BCUT2D eigenvalue weighted by Gasteiger charge is -2.07. The molecule has 3 rings (SSSR count). The number of aromatic nitrogens is 2. The quantitative estimate of drug-likeness (QED) is 0.366. The van der Waals surface area contributed by atoms with E-state index in [1.54, 1.807) is 20.3 Å². The average molecular weight is 402 g/mol. The Hall–Kier alpha value is -2.87. The minimum absolute atomic E-state index is 0.409. The SMILES string of the molecule is CCOc1ccc(OCCSc2nnc(-c3cc(OC)cc(OC)c3)o2)cc1.